The lowest BCUT2D eigenvalue weighted by Gasteiger charge is -2.16. The zero-order chi connectivity index (χ0) is 11.4. The van der Waals surface area contributed by atoms with Gasteiger partial charge in [0, 0.05) is 19.8 Å². The Morgan fingerprint density at radius 1 is 1.47 bits per heavy atom. The number of hydrogen-bond acceptors (Lipinski definition) is 2. The highest BCUT2D eigenvalue weighted by Gasteiger charge is 2.08. The van der Waals surface area contributed by atoms with Crippen LogP contribution in [0, 0.1) is 0 Å². The molecule has 0 aliphatic rings. The minimum Gasteiger partial charge on any atom is -0.388 e. The summed E-state index contributed by atoms with van der Waals surface area (Å²) in [4.78, 5) is 2.02. The Morgan fingerprint density at radius 3 is 2.67 bits per heavy atom. The molecule has 0 bridgehead atoms. The maximum Gasteiger partial charge on any atom is 0.0827 e. The average Bonchev–Trinajstić information content (AvgIpc) is 2.17. The Balaban J connectivity index is 2.85. The third-order valence-corrected chi connectivity index (χ3v) is 2.31. The molecule has 1 rings (SSSR count). The van der Waals surface area contributed by atoms with Crippen LogP contribution in [-0.2, 0) is 0 Å². The molecule has 1 aromatic rings. The predicted molar refractivity (Wildman–Crippen MR) is 65.2 cm³/mol. The summed E-state index contributed by atoms with van der Waals surface area (Å²) in [6, 6.07) is 7.94. The number of aliphatic hydroxyl groups excluding tert-OH is 1. The third kappa shape index (κ3) is 3.40. The summed E-state index contributed by atoms with van der Waals surface area (Å²) >= 11 is 0. The summed E-state index contributed by atoms with van der Waals surface area (Å²) in [6.45, 7) is 5.74. The highest BCUT2D eigenvalue weighted by molar-refractivity contribution is 5.47. The minimum absolute atomic E-state index is 0.442. The first-order chi connectivity index (χ1) is 7.00. The van der Waals surface area contributed by atoms with Crippen molar-refractivity contribution in [1.82, 2.24) is 0 Å². The first-order valence-electron chi connectivity index (χ1n) is 5.10. The largest absolute Gasteiger partial charge is 0.388 e. The molecule has 0 saturated carbocycles. The third-order valence-electron chi connectivity index (χ3n) is 2.31. The minimum atomic E-state index is -0.442. The summed E-state index contributed by atoms with van der Waals surface area (Å²) < 4.78 is 0. The van der Waals surface area contributed by atoms with Crippen molar-refractivity contribution in [2.45, 2.75) is 19.4 Å². The van der Waals surface area contributed by atoms with Gasteiger partial charge < -0.3 is 10.0 Å². The highest BCUT2D eigenvalue weighted by atomic mass is 16.3. The second-order valence-corrected chi connectivity index (χ2v) is 4.17. The number of benzene rings is 1. The molecule has 0 aliphatic carbocycles. The van der Waals surface area contributed by atoms with Crippen LogP contribution in [0.15, 0.2) is 36.4 Å². The molecule has 1 aromatic carbocycles. The molecule has 0 aliphatic heterocycles. The van der Waals surface area contributed by atoms with E-state index in [-0.39, 0.29) is 0 Å². The van der Waals surface area contributed by atoms with E-state index in [1.165, 1.54) is 0 Å². The van der Waals surface area contributed by atoms with Crippen LogP contribution in [0.5, 0.6) is 0 Å². The predicted octanol–water partition coefficient (Wildman–Crippen LogP) is 2.75. The summed E-state index contributed by atoms with van der Waals surface area (Å²) in [7, 11) is 3.98. The second kappa shape index (κ2) is 4.99. The molecule has 1 N–H and O–H groups in total. The van der Waals surface area contributed by atoms with E-state index in [1.54, 1.807) is 0 Å². The molecule has 0 fully saturated rings. The smallest absolute Gasteiger partial charge is 0.0827 e. The molecule has 0 radical (unpaired) electrons. The lowest BCUT2D eigenvalue weighted by molar-refractivity contribution is 0.178. The van der Waals surface area contributed by atoms with Gasteiger partial charge in [0.2, 0.25) is 0 Å². The second-order valence-electron chi connectivity index (χ2n) is 4.17. The zero-order valence-electron chi connectivity index (χ0n) is 9.70. The van der Waals surface area contributed by atoms with E-state index >= 15 is 0 Å². The Morgan fingerprint density at radius 2 is 2.13 bits per heavy atom. The van der Waals surface area contributed by atoms with Crippen LogP contribution in [0.1, 0.15) is 25.0 Å². The number of aliphatic hydroxyl groups is 1. The standard InChI is InChI=1S/C13H19NO/c1-10(2)8-13(15)11-6-5-7-12(9-11)14(3)4/h5-7,9,13,15H,1,8H2,2-4H3. The molecular weight excluding hydrogens is 186 g/mol. The van der Waals surface area contributed by atoms with Gasteiger partial charge in [0.25, 0.3) is 0 Å². The van der Waals surface area contributed by atoms with E-state index in [2.05, 4.69) is 6.58 Å². The van der Waals surface area contributed by atoms with Gasteiger partial charge in [0.15, 0.2) is 0 Å². The summed E-state index contributed by atoms with van der Waals surface area (Å²) in [5, 5.41) is 9.92. The molecule has 1 unspecified atom stereocenters. The van der Waals surface area contributed by atoms with Crippen molar-refractivity contribution in [3.63, 3.8) is 0 Å². The van der Waals surface area contributed by atoms with Gasteiger partial charge in [-0.2, -0.15) is 0 Å². The van der Waals surface area contributed by atoms with Crippen molar-refractivity contribution in [3.8, 4) is 0 Å². The van der Waals surface area contributed by atoms with Crippen molar-refractivity contribution in [2.24, 2.45) is 0 Å². The van der Waals surface area contributed by atoms with Gasteiger partial charge in [-0.3, -0.25) is 0 Å². The summed E-state index contributed by atoms with van der Waals surface area (Å²) in [5.74, 6) is 0. The van der Waals surface area contributed by atoms with E-state index in [4.69, 9.17) is 0 Å². The van der Waals surface area contributed by atoms with Gasteiger partial charge in [-0.15, -0.1) is 6.58 Å². The number of anilines is 1. The molecule has 0 heterocycles. The summed E-state index contributed by atoms with van der Waals surface area (Å²) in [6.07, 6.45) is 0.180. The van der Waals surface area contributed by atoms with E-state index in [0.717, 1.165) is 16.8 Å². The van der Waals surface area contributed by atoms with Gasteiger partial charge in [0.1, 0.15) is 0 Å². The number of hydrogen-bond donors (Lipinski definition) is 1. The lowest BCUT2D eigenvalue weighted by Crippen LogP contribution is -2.09. The Hall–Kier alpha value is -1.28. The molecule has 0 spiro atoms. The molecule has 2 nitrogen and oxygen atoms in total. The van der Waals surface area contributed by atoms with Crippen LogP contribution in [-0.4, -0.2) is 19.2 Å². The quantitative estimate of drug-likeness (QED) is 0.764. The molecule has 0 aromatic heterocycles. The molecule has 15 heavy (non-hydrogen) atoms. The van der Waals surface area contributed by atoms with Gasteiger partial charge in [-0.05, 0) is 31.0 Å². The Labute approximate surface area is 91.9 Å². The fourth-order valence-corrected chi connectivity index (χ4v) is 1.46. The van der Waals surface area contributed by atoms with Crippen LogP contribution >= 0.6 is 0 Å². The fourth-order valence-electron chi connectivity index (χ4n) is 1.46. The first kappa shape index (κ1) is 11.8. The number of nitrogens with zero attached hydrogens (tertiary/aromatic N) is 1. The SMILES string of the molecule is C=C(C)CC(O)c1cccc(N(C)C)c1. The average molecular weight is 205 g/mol. The highest BCUT2D eigenvalue weighted by Crippen LogP contribution is 2.23. The fraction of sp³-hybridized carbons (Fsp3) is 0.385. The van der Waals surface area contributed by atoms with E-state index in [0.29, 0.717) is 6.42 Å². The zero-order valence-corrected chi connectivity index (χ0v) is 9.70. The van der Waals surface area contributed by atoms with Crippen molar-refractivity contribution in [3.05, 3.63) is 42.0 Å². The maximum absolute atomic E-state index is 9.92. The van der Waals surface area contributed by atoms with Gasteiger partial charge in [-0.25, -0.2) is 0 Å². The lowest BCUT2D eigenvalue weighted by atomic mass is 10.0. The Kier molecular flexibility index (Phi) is 3.92. The molecule has 1 atom stereocenters. The van der Waals surface area contributed by atoms with Crippen molar-refractivity contribution in [1.29, 1.82) is 0 Å². The normalized spacial score (nSPS) is 12.3. The monoisotopic (exact) mass is 205 g/mol. The number of rotatable bonds is 4. The van der Waals surface area contributed by atoms with Crippen molar-refractivity contribution in [2.75, 3.05) is 19.0 Å². The van der Waals surface area contributed by atoms with E-state index in [9.17, 15) is 5.11 Å². The van der Waals surface area contributed by atoms with Gasteiger partial charge >= 0.3 is 0 Å². The van der Waals surface area contributed by atoms with Crippen LogP contribution in [0.3, 0.4) is 0 Å². The van der Waals surface area contributed by atoms with Crippen LogP contribution in [0.25, 0.3) is 0 Å². The topological polar surface area (TPSA) is 23.5 Å². The van der Waals surface area contributed by atoms with Crippen LogP contribution in [0.2, 0.25) is 0 Å². The van der Waals surface area contributed by atoms with Crippen LogP contribution < -0.4 is 4.90 Å². The van der Waals surface area contributed by atoms with E-state index < -0.39 is 6.10 Å². The first-order valence-corrected chi connectivity index (χ1v) is 5.10. The molecule has 82 valence electrons. The van der Waals surface area contributed by atoms with Crippen molar-refractivity contribution >= 4 is 5.69 Å². The van der Waals surface area contributed by atoms with Crippen LogP contribution in [0.4, 0.5) is 5.69 Å². The Bertz CT molecular complexity index is 344. The molecule has 0 amide bonds. The molecule has 0 saturated heterocycles. The molecule has 2 heteroatoms. The van der Waals surface area contributed by atoms with Crippen molar-refractivity contribution < 1.29 is 5.11 Å². The van der Waals surface area contributed by atoms with Gasteiger partial charge in [-0.1, -0.05) is 17.7 Å². The van der Waals surface area contributed by atoms with Gasteiger partial charge in [0.05, 0.1) is 6.10 Å². The summed E-state index contributed by atoms with van der Waals surface area (Å²) in [5.41, 5.74) is 3.05. The van der Waals surface area contributed by atoms with E-state index in [1.807, 2.05) is 50.2 Å². The maximum atomic E-state index is 9.92. The molecular formula is C13H19NO.